The van der Waals surface area contributed by atoms with E-state index in [1.807, 2.05) is 29.9 Å². The third-order valence-electron chi connectivity index (χ3n) is 5.25. The molecule has 2 aliphatic heterocycles. The average Bonchev–Trinajstić information content (AvgIpc) is 3.04. The van der Waals surface area contributed by atoms with Crippen molar-refractivity contribution < 1.29 is 4.79 Å². The van der Waals surface area contributed by atoms with E-state index in [4.69, 9.17) is 0 Å². The van der Waals surface area contributed by atoms with Crippen LogP contribution in [0.3, 0.4) is 0 Å². The molecule has 2 fully saturated rings. The molecule has 0 radical (unpaired) electrons. The minimum atomic E-state index is 0.343. The van der Waals surface area contributed by atoms with Crippen molar-refractivity contribution in [3.05, 3.63) is 12.5 Å². The van der Waals surface area contributed by atoms with Crippen LogP contribution in [0.5, 0.6) is 0 Å². The van der Waals surface area contributed by atoms with Gasteiger partial charge in [0.05, 0.1) is 11.6 Å². The molecule has 1 amide bonds. The molecule has 134 valence electrons. The van der Waals surface area contributed by atoms with Gasteiger partial charge in [-0.3, -0.25) is 9.48 Å². The highest BCUT2D eigenvalue weighted by atomic mass is 32.2. The molecule has 0 N–H and O–H groups in total. The second-order valence-electron chi connectivity index (χ2n) is 6.83. The Bertz CT molecular complexity index is 749. The standard InChI is InChI=1S/C17H24N6OS/c1-21-16-14(11-20-21)17(19-12-18-16)23-4-2-13(3-5-23)10-15(24)22-6-8-25-9-7-22/h11-13H,2-10H2,1H3. The topological polar surface area (TPSA) is 67.2 Å². The molecule has 4 heterocycles. The summed E-state index contributed by atoms with van der Waals surface area (Å²) in [6.07, 6.45) is 6.24. The second-order valence-corrected chi connectivity index (χ2v) is 8.06. The Morgan fingerprint density at radius 2 is 1.96 bits per heavy atom. The van der Waals surface area contributed by atoms with Gasteiger partial charge in [0.25, 0.3) is 0 Å². The number of nitrogens with zero attached hydrogens (tertiary/aromatic N) is 6. The zero-order valence-corrected chi connectivity index (χ0v) is 15.4. The number of hydrogen-bond acceptors (Lipinski definition) is 6. The minimum Gasteiger partial charge on any atom is -0.356 e. The number of thioether (sulfide) groups is 1. The Morgan fingerprint density at radius 3 is 2.72 bits per heavy atom. The fraction of sp³-hybridized carbons (Fsp3) is 0.647. The minimum absolute atomic E-state index is 0.343. The molecule has 2 aliphatic rings. The zero-order chi connectivity index (χ0) is 17.2. The van der Waals surface area contributed by atoms with Crippen LogP contribution in [0.25, 0.3) is 11.0 Å². The summed E-state index contributed by atoms with van der Waals surface area (Å²) in [5.41, 5.74) is 0.866. The molecule has 8 heteroatoms. The van der Waals surface area contributed by atoms with Crippen LogP contribution in [0.15, 0.2) is 12.5 Å². The molecular formula is C17H24N6OS. The largest absolute Gasteiger partial charge is 0.356 e. The number of piperidine rings is 1. The third-order valence-corrected chi connectivity index (χ3v) is 6.19. The van der Waals surface area contributed by atoms with E-state index >= 15 is 0 Å². The van der Waals surface area contributed by atoms with E-state index in [-0.39, 0.29) is 0 Å². The van der Waals surface area contributed by atoms with Crippen molar-refractivity contribution in [3.63, 3.8) is 0 Å². The number of fused-ring (bicyclic) bond motifs is 1. The van der Waals surface area contributed by atoms with Gasteiger partial charge in [-0.15, -0.1) is 0 Å². The zero-order valence-electron chi connectivity index (χ0n) is 14.6. The first-order valence-corrected chi connectivity index (χ1v) is 10.1. The highest BCUT2D eigenvalue weighted by Crippen LogP contribution is 2.28. The number of carbonyl (C=O) groups excluding carboxylic acids is 1. The highest BCUT2D eigenvalue weighted by molar-refractivity contribution is 7.99. The van der Waals surface area contributed by atoms with E-state index in [9.17, 15) is 4.79 Å². The normalized spacial score (nSPS) is 19.6. The molecule has 0 spiro atoms. The molecule has 0 bridgehead atoms. The lowest BCUT2D eigenvalue weighted by Crippen LogP contribution is -2.40. The van der Waals surface area contributed by atoms with Crippen LogP contribution in [0.1, 0.15) is 19.3 Å². The van der Waals surface area contributed by atoms with Crippen molar-refractivity contribution in [1.29, 1.82) is 0 Å². The molecular weight excluding hydrogens is 336 g/mol. The summed E-state index contributed by atoms with van der Waals surface area (Å²) in [7, 11) is 1.90. The number of carbonyl (C=O) groups is 1. The molecule has 7 nitrogen and oxygen atoms in total. The molecule has 0 saturated carbocycles. The van der Waals surface area contributed by atoms with Crippen LogP contribution < -0.4 is 4.90 Å². The Labute approximate surface area is 151 Å². The van der Waals surface area contributed by atoms with Crippen LogP contribution >= 0.6 is 11.8 Å². The number of hydrogen-bond donors (Lipinski definition) is 0. The predicted octanol–water partition coefficient (Wildman–Crippen LogP) is 1.55. The maximum Gasteiger partial charge on any atom is 0.222 e. The third kappa shape index (κ3) is 3.44. The Balaban J connectivity index is 1.37. The summed E-state index contributed by atoms with van der Waals surface area (Å²) < 4.78 is 1.78. The van der Waals surface area contributed by atoms with Gasteiger partial charge >= 0.3 is 0 Å². The van der Waals surface area contributed by atoms with E-state index in [2.05, 4.69) is 20.0 Å². The lowest BCUT2D eigenvalue weighted by molar-refractivity contribution is -0.132. The maximum absolute atomic E-state index is 12.5. The van der Waals surface area contributed by atoms with Crippen molar-refractivity contribution in [3.8, 4) is 0 Å². The molecule has 0 unspecified atom stereocenters. The summed E-state index contributed by atoms with van der Waals surface area (Å²) >= 11 is 1.94. The van der Waals surface area contributed by atoms with Crippen LogP contribution in [0.4, 0.5) is 5.82 Å². The van der Waals surface area contributed by atoms with Gasteiger partial charge < -0.3 is 9.80 Å². The quantitative estimate of drug-likeness (QED) is 0.827. The van der Waals surface area contributed by atoms with E-state index in [0.717, 1.165) is 67.4 Å². The fourth-order valence-corrected chi connectivity index (χ4v) is 4.64. The fourth-order valence-electron chi connectivity index (χ4n) is 3.74. The lowest BCUT2D eigenvalue weighted by atomic mass is 9.93. The van der Waals surface area contributed by atoms with Gasteiger partial charge in [-0.2, -0.15) is 16.9 Å². The van der Waals surface area contributed by atoms with Gasteiger partial charge in [0.1, 0.15) is 12.1 Å². The molecule has 2 saturated heterocycles. The number of aryl methyl sites for hydroxylation is 1. The van der Waals surface area contributed by atoms with Gasteiger partial charge in [0, 0.05) is 51.2 Å². The monoisotopic (exact) mass is 360 g/mol. The van der Waals surface area contributed by atoms with Gasteiger partial charge in [-0.05, 0) is 18.8 Å². The number of anilines is 1. The summed E-state index contributed by atoms with van der Waals surface area (Å²) in [5.74, 6) is 3.97. The van der Waals surface area contributed by atoms with Crippen molar-refractivity contribution in [1.82, 2.24) is 24.6 Å². The van der Waals surface area contributed by atoms with Crippen molar-refractivity contribution in [2.24, 2.45) is 13.0 Å². The van der Waals surface area contributed by atoms with Crippen LogP contribution in [-0.4, -0.2) is 68.2 Å². The molecule has 0 atom stereocenters. The SMILES string of the molecule is Cn1ncc2c(N3CCC(CC(=O)N4CCSCC4)CC3)ncnc21. The van der Waals surface area contributed by atoms with Crippen molar-refractivity contribution in [2.75, 3.05) is 42.6 Å². The van der Waals surface area contributed by atoms with Gasteiger partial charge in [0.15, 0.2) is 5.65 Å². The van der Waals surface area contributed by atoms with Crippen LogP contribution in [-0.2, 0) is 11.8 Å². The van der Waals surface area contributed by atoms with E-state index < -0.39 is 0 Å². The van der Waals surface area contributed by atoms with Crippen LogP contribution in [0.2, 0.25) is 0 Å². The number of amides is 1. The molecule has 4 rings (SSSR count). The Morgan fingerprint density at radius 1 is 1.20 bits per heavy atom. The van der Waals surface area contributed by atoms with E-state index in [0.29, 0.717) is 18.2 Å². The van der Waals surface area contributed by atoms with Crippen molar-refractivity contribution >= 4 is 34.5 Å². The Hall–Kier alpha value is -1.83. The van der Waals surface area contributed by atoms with Gasteiger partial charge in [-0.1, -0.05) is 0 Å². The lowest BCUT2D eigenvalue weighted by Gasteiger charge is -2.34. The summed E-state index contributed by atoms with van der Waals surface area (Å²) in [5, 5.41) is 5.30. The predicted molar refractivity (Wildman–Crippen MR) is 99.8 cm³/mol. The first kappa shape index (κ1) is 16.6. The summed E-state index contributed by atoms with van der Waals surface area (Å²) in [6, 6.07) is 0. The number of aromatic nitrogens is 4. The van der Waals surface area contributed by atoms with E-state index in [1.54, 1.807) is 11.0 Å². The molecule has 2 aromatic rings. The smallest absolute Gasteiger partial charge is 0.222 e. The second kappa shape index (κ2) is 7.19. The molecule has 25 heavy (non-hydrogen) atoms. The average molecular weight is 360 g/mol. The van der Waals surface area contributed by atoms with Gasteiger partial charge in [-0.25, -0.2) is 9.97 Å². The Kier molecular flexibility index (Phi) is 4.78. The molecule has 2 aromatic heterocycles. The van der Waals surface area contributed by atoms with Gasteiger partial charge in [0.2, 0.25) is 5.91 Å². The van der Waals surface area contributed by atoms with Crippen LogP contribution in [0, 0.1) is 5.92 Å². The first-order valence-electron chi connectivity index (χ1n) is 8.95. The number of rotatable bonds is 3. The molecule has 0 aliphatic carbocycles. The summed E-state index contributed by atoms with van der Waals surface area (Å²) in [6.45, 7) is 3.72. The molecule has 0 aromatic carbocycles. The highest BCUT2D eigenvalue weighted by Gasteiger charge is 2.26. The summed E-state index contributed by atoms with van der Waals surface area (Å²) in [4.78, 5) is 25.6. The first-order chi connectivity index (χ1) is 12.2. The van der Waals surface area contributed by atoms with Crippen molar-refractivity contribution in [2.45, 2.75) is 19.3 Å². The van der Waals surface area contributed by atoms with E-state index in [1.165, 1.54) is 0 Å². The maximum atomic E-state index is 12.5.